The zero-order valence-corrected chi connectivity index (χ0v) is 9.16. The van der Waals surface area contributed by atoms with Crippen molar-refractivity contribution < 1.29 is 0 Å². The lowest BCUT2D eigenvalue weighted by molar-refractivity contribution is 0.320. The number of rotatable bonds is 6. The number of unbranched alkanes of at least 4 members (excludes halogenated alkanes) is 2. The lowest BCUT2D eigenvalue weighted by Gasteiger charge is -2.22. The van der Waals surface area contributed by atoms with Gasteiger partial charge in [0, 0.05) is 6.42 Å². The maximum absolute atomic E-state index is 5.16. The van der Waals surface area contributed by atoms with Gasteiger partial charge in [-0.05, 0) is 39.6 Å². The van der Waals surface area contributed by atoms with Crippen molar-refractivity contribution in [2.75, 3.05) is 19.8 Å². The predicted molar refractivity (Wildman–Crippen MR) is 58.3 cm³/mol. The van der Waals surface area contributed by atoms with Crippen LogP contribution in [-0.4, -0.2) is 30.1 Å². The Morgan fingerprint density at radius 1 is 1.50 bits per heavy atom. The van der Waals surface area contributed by atoms with E-state index in [1.165, 1.54) is 6.42 Å². The number of hydrogen-bond donors (Lipinski definition) is 0. The van der Waals surface area contributed by atoms with E-state index < -0.39 is 0 Å². The molecule has 12 heavy (non-hydrogen) atoms. The van der Waals surface area contributed by atoms with Gasteiger partial charge in [-0.25, -0.2) is 0 Å². The highest BCUT2D eigenvalue weighted by molar-refractivity contribution is 7.99. The molecule has 0 aliphatic heterocycles. The van der Waals surface area contributed by atoms with E-state index >= 15 is 0 Å². The van der Waals surface area contributed by atoms with Crippen LogP contribution in [0.15, 0.2) is 0 Å². The number of hydrogen-bond acceptors (Lipinski definition) is 2. The second kappa shape index (κ2) is 7.52. The van der Waals surface area contributed by atoms with Gasteiger partial charge in [0.05, 0.1) is 5.37 Å². The molecule has 0 aliphatic rings. The van der Waals surface area contributed by atoms with Crippen LogP contribution in [0.2, 0.25) is 0 Å². The molecule has 0 aliphatic carbocycles. The molecule has 0 rings (SSSR count). The molecular weight excluding hydrogens is 166 g/mol. The molecule has 0 spiro atoms. The first-order chi connectivity index (χ1) is 5.72. The fourth-order valence-electron chi connectivity index (χ4n) is 0.950. The molecule has 0 aromatic heterocycles. The van der Waals surface area contributed by atoms with Crippen LogP contribution in [0.3, 0.4) is 0 Å². The van der Waals surface area contributed by atoms with Crippen molar-refractivity contribution in [3.63, 3.8) is 0 Å². The summed E-state index contributed by atoms with van der Waals surface area (Å²) < 4.78 is 0. The van der Waals surface area contributed by atoms with Crippen LogP contribution < -0.4 is 0 Å². The van der Waals surface area contributed by atoms with Crippen LogP contribution in [0, 0.1) is 12.3 Å². The molecule has 0 saturated carbocycles. The van der Waals surface area contributed by atoms with E-state index in [0.717, 1.165) is 19.4 Å². The minimum Gasteiger partial charge on any atom is -0.295 e. The highest BCUT2D eigenvalue weighted by Gasteiger charge is 2.05. The summed E-state index contributed by atoms with van der Waals surface area (Å²) in [5.74, 6) is 2.66. The van der Waals surface area contributed by atoms with Gasteiger partial charge < -0.3 is 0 Å². The van der Waals surface area contributed by atoms with Crippen LogP contribution in [0.1, 0.15) is 26.2 Å². The van der Waals surface area contributed by atoms with Gasteiger partial charge in [0.2, 0.25) is 0 Å². The van der Waals surface area contributed by atoms with E-state index in [2.05, 4.69) is 31.0 Å². The lowest BCUT2D eigenvalue weighted by Crippen LogP contribution is -2.27. The quantitative estimate of drug-likeness (QED) is 0.355. The molecule has 1 unspecified atom stereocenters. The molecule has 0 radical (unpaired) electrons. The fourth-order valence-corrected chi connectivity index (χ4v) is 1.42. The summed E-state index contributed by atoms with van der Waals surface area (Å²) in [7, 11) is 2.16. The average Bonchev–Trinajstić information content (AvgIpc) is 2.10. The average molecular weight is 185 g/mol. The first kappa shape index (κ1) is 11.9. The van der Waals surface area contributed by atoms with E-state index in [4.69, 9.17) is 6.42 Å². The monoisotopic (exact) mass is 185 g/mol. The van der Waals surface area contributed by atoms with Crippen LogP contribution in [0.25, 0.3) is 0 Å². The van der Waals surface area contributed by atoms with E-state index in [-0.39, 0.29) is 0 Å². The van der Waals surface area contributed by atoms with Crippen molar-refractivity contribution in [1.82, 2.24) is 4.90 Å². The van der Waals surface area contributed by atoms with Crippen molar-refractivity contribution in [3.05, 3.63) is 0 Å². The SMILES string of the molecule is C#CCCCCN(C)C(C)SC. The topological polar surface area (TPSA) is 3.24 Å². The second-order valence-corrected chi connectivity index (χ2v) is 4.13. The van der Waals surface area contributed by atoms with E-state index in [9.17, 15) is 0 Å². The molecule has 1 nitrogen and oxygen atoms in total. The summed E-state index contributed by atoms with van der Waals surface area (Å²) >= 11 is 1.88. The molecule has 0 fully saturated rings. The Balaban J connectivity index is 3.32. The van der Waals surface area contributed by atoms with Gasteiger partial charge in [-0.3, -0.25) is 4.90 Å². The van der Waals surface area contributed by atoms with Gasteiger partial charge in [0.1, 0.15) is 0 Å². The summed E-state index contributed by atoms with van der Waals surface area (Å²) in [6.07, 6.45) is 10.6. The molecule has 0 aromatic carbocycles. The Morgan fingerprint density at radius 3 is 2.67 bits per heavy atom. The van der Waals surface area contributed by atoms with Crippen molar-refractivity contribution in [2.24, 2.45) is 0 Å². The van der Waals surface area contributed by atoms with Crippen molar-refractivity contribution in [2.45, 2.75) is 31.6 Å². The molecule has 1 atom stereocenters. The predicted octanol–water partition coefficient (Wildman–Crippen LogP) is 2.43. The van der Waals surface area contributed by atoms with Crippen molar-refractivity contribution >= 4 is 11.8 Å². The highest BCUT2D eigenvalue weighted by Crippen LogP contribution is 2.10. The van der Waals surface area contributed by atoms with Gasteiger partial charge in [-0.1, -0.05) is 0 Å². The third kappa shape index (κ3) is 5.51. The summed E-state index contributed by atoms with van der Waals surface area (Å²) in [6.45, 7) is 3.38. The molecule has 0 amide bonds. The zero-order chi connectivity index (χ0) is 9.40. The van der Waals surface area contributed by atoms with Crippen molar-refractivity contribution in [1.29, 1.82) is 0 Å². The first-order valence-electron chi connectivity index (χ1n) is 4.39. The van der Waals surface area contributed by atoms with Gasteiger partial charge in [-0.15, -0.1) is 24.1 Å². The zero-order valence-electron chi connectivity index (χ0n) is 8.34. The lowest BCUT2D eigenvalue weighted by atomic mass is 10.2. The summed E-state index contributed by atoms with van der Waals surface area (Å²) in [4.78, 5) is 2.36. The van der Waals surface area contributed by atoms with Crippen LogP contribution in [-0.2, 0) is 0 Å². The molecule has 0 aromatic rings. The van der Waals surface area contributed by atoms with Crippen LogP contribution in [0.5, 0.6) is 0 Å². The van der Waals surface area contributed by atoms with Crippen LogP contribution in [0.4, 0.5) is 0 Å². The molecule has 2 heteroatoms. The van der Waals surface area contributed by atoms with E-state index in [0.29, 0.717) is 5.37 Å². The highest BCUT2D eigenvalue weighted by atomic mass is 32.2. The largest absolute Gasteiger partial charge is 0.295 e. The maximum atomic E-state index is 5.16. The molecule has 0 bridgehead atoms. The third-order valence-corrected chi connectivity index (χ3v) is 3.09. The molecule has 0 heterocycles. The van der Waals surface area contributed by atoms with Gasteiger partial charge in [0.25, 0.3) is 0 Å². The Bertz CT molecular complexity index is 139. The minimum absolute atomic E-state index is 0.621. The van der Waals surface area contributed by atoms with E-state index in [1.807, 2.05) is 11.8 Å². The van der Waals surface area contributed by atoms with Gasteiger partial charge in [-0.2, -0.15) is 0 Å². The van der Waals surface area contributed by atoms with Crippen LogP contribution >= 0.6 is 11.8 Å². The van der Waals surface area contributed by atoms with Gasteiger partial charge in [0.15, 0.2) is 0 Å². The summed E-state index contributed by atoms with van der Waals surface area (Å²) in [5, 5.41) is 0.621. The molecule has 0 saturated heterocycles. The molecular formula is C10H19NS. The maximum Gasteiger partial charge on any atom is 0.0523 e. The molecule has 0 N–H and O–H groups in total. The fraction of sp³-hybridized carbons (Fsp3) is 0.800. The van der Waals surface area contributed by atoms with Crippen molar-refractivity contribution in [3.8, 4) is 12.3 Å². The Kier molecular flexibility index (Phi) is 7.43. The summed E-state index contributed by atoms with van der Waals surface area (Å²) in [5.41, 5.74) is 0. The third-order valence-electron chi connectivity index (χ3n) is 2.04. The van der Waals surface area contributed by atoms with E-state index in [1.54, 1.807) is 0 Å². The Labute approximate surface area is 80.9 Å². The first-order valence-corrected chi connectivity index (χ1v) is 5.67. The Morgan fingerprint density at radius 2 is 2.17 bits per heavy atom. The smallest absolute Gasteiger partial charge is 0.0523 e. The number of thioether (sulfide) groups is 1. The van der Waals surface area contributed by atoms with Gasteiger partial charge >= 0.3 is 0 Å². The second-order valence-electron chi connectivity index (χ2n) is 2.98. The standard InChI is InChI=1S/C10H19NS/c1-5-6-7-8-9-11(3)10(2)12-4/h1,10H,6-9H2,2-4H3. The molecule has 70 valence electrons. The number of nitrogens with zero attached hydrogens (tertiary/aromatic N) is 1. The Hall–Kier alpha value is -0.130. The number of terminal acetylenes is 1. The normalized spacial score (nSPS) is 12.9. The summed E-state index contributed by atoms with van der Waals surface area (Å²) in [6, 6.07) is 0. The minimum atomic E-state index is 0.621.